The standard InChI is InChI=1S/C13H14ClNO/c14-7-3-4-9-8-13(9)10-5-1-2-6-11(10)15-12(13)16/h1-2,5-6,9H,3-4,7-8H2,(H,15,16). The molecule has 1 N–H and O–H groups in total. The van der Waals surface area contributed by atoms with E-state index >= 15 is 0 Å². The summed E-state index contributed by atoms with van der Waals surface area (Å²) in [6, 6.07) is 8.04. The number of anilines is 1. The Bertz CT molecular complexity index is 445. The number of amides is 1. The Morgan fingerprint density at radius 1 is 1.44 bits per heavy atom. The molecule has 3 heteroatoms. The van der Waals surface area contributed by atoms with E-state index in [-0.39, 0.29) is 11.3 Å². The smallest absolute Gasteiger partial charge is 0.235 e. The summed E-state index contributed by atoms with van der Waals surface area (Å²) in [6.45, 7) is 0. The molecule has 0 bridgehead atoms. The zero-order valence-electron chi connectivity index (χ0n) is 9.00. The van der Waals surface area contributed by atoms with Gasteiger partial charge in [0, 0.05) is 11.6 Å². The molecule has 0 aromatic heterocycles. The van der Waals surface area contributed by atoms with Gasteiger partial charge >= 0.3 is 0 Å². The van der Waals surface area contributed by atoms with Crippen molar-refractivity contribution >= 4 is 23.2 Å². The van der Waals surface area contributed by atoms with E-state index < -0.39 is 0 Å². The molecule has 1 aromatic rings. The van der Waals surface area contributed by atoms with Gasteiger partial charge in [0.25, 0.3) is 0 Å². The molecule has 1 fully saturated rings. The predicted molar refractivity (Wildman–Crippen MR) is 64.8 cm³/mol. The fraction of sp³-hybridized carbons (Fsp3) is 0.462. The van der Waals surface area contributed by atoms with Gasteiger partial charge < -0.3 is 5.32 Å². The Morgan fingerprint density at radius 2 is 2.25 bits per heavy atom. The molecule has 2 aliphatic rings. The summed E-state index contributed by atoms with van der Waals surface area (Å²) < 4.78 is 0. The van der Waals surface area contributed by atoms with Gasteiger partial charge in [0.2, 0.25) is 5.91 Å². The van der Waals surface area contributed by atoms with Gasteiger partial charge in [-0.1, -0.05) is 18.2 Å². The quantitative estimate of drug-likeness (QED) is 0.802. The molecule has 1 saturated carbocycles. The topological polar surface area (TPSA) is 29.1 Å². The highest BCUT2D eigenvalue weighted by atomic mass is 35.5. The molecule has 0 saturated heterocycles. The molecule has 3 rings (SSSR count). The van der Waals surface area contributed by atoms with E-state index in [1.165, 1.54) is 5.56 Å². The number of fused-ring (bicyclic) bond motifs is 2. The molecule has 1 aliphatic carbocycles. The average molecular weight is 236 g/mol. The summed E-state index contributed by atoms with van der Waals surface area (Å²) >= 11 is 5.70. The molecule has 2 nitrogen and oxygen atoms in total. The van der Waals surface area contributed by atoms with Gasteiger partial charge in [-0.05, 0) is 36.8 Å². The third-order valence-corrected chi connectivity index (χ3v) is 4.12. The zero-order chi connectivity index (χ0) is 11.2. The summed E-state index contributed by atoms with van der Waals surface area (Å²) in [4.78, 5) is 12.0. The largest absolute Gasteiger partial charge is 0.325 e. The van der Waals surface area contributed by atoms with Crippen LogP contribution in [0.5, 0.6) is 0 Å². The molecule has 0 radical (unpaired) electrons. The number of hydrogen-bond donors (Lipinski definition) is 1. The van der Waals surface area contributed by atoms with Crippen molar-refractivity contribution in [2.45, 2.75) is 24.7 Å². The Hall–Kier alpha value is -1.02. The van der Waals surface area contributed by atoms with Crippen molar-refractivity contribution in [3.63, 3.8) is 0 Å². The number of rotatable bonds is 3. The highest BCUT2D eigenvalue weighted by Crippen LogP contribution is 2.61. The predicted octanol–water partition coefficient (Wildman–Crippen LogP) is 2.92. The van der Waals surface area contributed by atoms with Crippen LogP contribution in [-0.4, -0.2) is 11.8 Å². The van der Waals surface area contributed by atoms with Crippen molar-refractivity contribution in [1.29, 1.82) is 0 Å². The van der Waals surface area contributed by atoms with E-state index in [1.807, 2.05) is 18.2 Å². The van der Waals surface area contributed by atoms with Gasteiger partial charge in [0.1, 0.15) is 0 Å². The van der Waals surface area contributed by atoms with Crippen LogP contribution in [-0.2, 0) is 10.2 Å². The van der Waals surface area contributed by atoms with Gasteiger partial charge in [-0.2, -0.15) is 0 Å². The fourth-order valence-electron chi connectivity index (χ4n) is 2.95. The summed E-state index contributed by atoms with van der Waals surface area (Å²) in [5.74, 6) is 1.37. The second-order valence-corrected chi connectivity index (χ2v) is 5.08. The van der Waals surface area contributed by atoms with Crippen LogP contribution in [0.4, 0.5) is 5.69 Å². The van der Waals surface area contributed by atoms with Crippen molar-refractivity contribution in [1.82, 2.24) is 0 Å². The third kappa shape index (κ3) is 1.23. The number of alkyl halides is 1. The number of para-hydroxylation sites is 1. The lowest BCUT2D eigenvalue weighted by atomic mass is 9.93. The lowest BCUT2D eigenvalue weighted by Crippen LogP contribution is -2.21. The van der Waals surface area contributed by atoms with Crippen LogP contribution in [0.2, 0.25) is 0 Å². The fourth-order valence-corrected chi connectivity index (χ4v) is 3.10. The first-order valence-corrected chi connectivity index (χ1v) is 6.29. The minimum atomic E-state index is -0.206. The maximum atomic E-state index is 12.0. The molecule has 84 valence electrons. The Balaban J connectivity index is 1.90. The second kappa shape index (κ2) is 3.49. The normalized spacial score (nSPS) is 30.3. The molecule has 1 spiro atoms. The number of benzene rings is 1. The van der Waals surface area contributed by atoms with Crippen LogP contribution >= 0.6 is 11.6 Å². The minimum absolute atomic E-state index is 0.188. The molecule has 2 atom stereocenters. The van der Waals surface area contributed by atoms with Crippen LogP contribution in [0.15, 0.2) is 24.3 Å². The number of hydrogen-bond acceptors (Lipinski definition) is 1. The molecule has 16 heavy (non-hydrogen) atoms. The molecular weight excluding hydrogens is 222 g/mol. The van der Waals surface area contributed by atoms with Crippen molar-refractivity contribution in [2.75, 3.05) is 11.2 Å². The van der Waals surface area contributed by atoms with E-state index in [1.54, 1.807) is 0 Å². The molecule has 2 unspecified atom stereocenters. The van der Waals surface area contributed by atoms with Gasteiger partial charge in [-0.15, -0.1) is 11.6 Å². The summed E-state index contributed by atoms with van der Waals surface area (Å²) in [5, 5.41) is 2.98. The van der Waals surface area contributed by atoms with Crippen LogP contribution < -0.4 is 5.32 Å². The van der Waals surface area contributed by atoms with E-state index in [9.17, 15) is 4.79 Å². The van der Waals surface area contributed by atoms with Crippen molar-refractivity contribution in [3.8, 4) is 0 Å². The summed E-state index contributed by atoms with van der Waals surface area (Å²) in [7, 11) is 0. The number of carbonyl (C=O) groups excluding carboxylic acids is 1. The highest BCUT2D eigenvalue weighted by Gasteiger charge is 2.63. The number of carbonyl (C=O) groups is 1. The first kappa shape index (κ1) is 10.2. The first-order valence-electron chi connectivity index (χ1n) is 5.76. The number of nitrogens with one attached hydrogen (secondary N) is 1. The summed E-state index contributed by atoms with van der Waals surface area (Å²) in [6.07, 6.45) is 3.06. The van der Waals surface area contributed by atoms with Crippen molar-refractivity contribution < 1.29 is 4.79 Å². The monoisotopic (exact) mass is 235 g/mol. The van der Waals surface area contributed by atoms with Gasteiger partial charge in [0.15, 0.2) is 0 Å². The van der Waals surface area contributed by atoms with Crippen molar-refractivity contribution in [2.24, 2.45) is 5.92 Å². The lowest BCUT2D eigenvalue weighted by molar-refractivity contribution is -0.118. The van der Waals surface area contributed by atoms with Gasteiger partial charge in [-0.3, -0.25) is 4.79 Å². The van der Waals surface area contributed by atoms with E-state index in [4.69, 9.17) is 11.6 Å². The van der Waals surface area contributed by atoms with Crippen LogP contribution in [0, 0.1) is 5.92 Å². The van der Waals surface area contributed by atoms with Gasteiger partial charge in [0.05, 0.1) is 5.41 Å². The van der Waals surface area contributed by atoms with Crippen LogP contribution in [0.3, 0.4) is 0 Å². The second-order valence-electron chi connectivity index (χ2n) is 4.70. The third-order valence-electron chi connectivity index (χ3n) is 3.85. The van der Waals surface area contributed by atoms with E-state index in [0.717, 1.165) is 24.9 Å². The van der Waals surface area contributed by atoms with Gasteiger partial charge in [-0.25, -0.2) is 0 Å². The lowest BCUT2D eigenvalue weighted by Gasteiger charge is -2.07. The summed E-state index contributed by atoms with van der Waals surface area (Å²) in [5.41, 5.74) is 1.99. The Kier molecular flexibility index (Phi) is 2.21. The zero-order valence-corrected chi connectivity index (χ0v) is 9.76. The molecule has 1 aliphatic heterocycles. The molecule has 1 amide bonds. The Morgan fingerprint density at radius 3 is 3.06 bits per heavy atom. The highest BCUT2D eigenvalue weighted by molar-refractivity contribution is 6.17. The average Bonchev–Trinajstić information content (AvgIpc) is 2.95. The maximum Gasteiger partial charge on any atom is 0.235 e. The SMILES string of the molecule is O=C1Nc2ccccc2C12CC2CCCCl. The molecule has 1 aromatic carbocycles. The Labute approximate surface area is 100.0 Å². The number of halogens is 1. The molecule has 1 heterocycles. The van der Waals surface area contributed by atoms with E-state index in [0.29, 0.717) is 11.8 Å². The first-order chi connectivity index (χ1) is 7.79. The maximum absolute atomic E-state index is 12.0. The minimum Gasteiger partial charge on any atom is -0.325 e. The van der Waals surface area contributed by atoms with Crippen LogP contribution in [0.25, 0.3) is 0 Å². The van der Waals surface area contributed by atoms with Crippen molar-refractivity contribution in [3.05, 3.63) is 29.8 Å². The molecular formula is C13H14ClNO. The van der Waals surface area contributed by atoms with Crippen LogP contribution in [0.1, 0.15) is 24.8 Å². The van der Waals surface area contributed by atoms with E-state index in [2.05, 4.69) is 11.4 Å².